The number of fused-ring (bicyclic) bond motifs is 1. The minimum atomic E-state index is -4.79. The SMILES string of the molecule is COC(=O)c1ccc([C@H](C)NC(=O)c2c(C(F)(F)F)nn3c2N(Cc2ccc(I)cc2)CC3)cc1. The molecule has 1 N–H and O–H groups in total. The summed E-state index contributed by atoms with van der Waals surface area (Å²) >= 11 is 2.18. The maximum absolute atomic E-state index is 13.9. The van der Waals surface area contributed by atoms with Crippen molar-refractivity contribution in [1.29, 1.82) is 0 Å². The maximum Gasteiger partial charge on any atom is 0.436 e. The van der Waals surface area contributed by atoms with E-state index in [2.05, 4.69) is 37.7 Å². The van der Waals surface area contributed by atoms with Crippen LogP contribution in [0.4, 0.5) is 19.0 Å². The third kappa shape index (κ3) is 5.29. The fourth-order valence-corrected chi connectivity index (χ4v) is 4.36. The fraction of sp³-hybridized carbons (Fsp3) is 0.292. The Morgan fingerprint density at radius 2 is 1.77 bits per heavy atom. The van der Waals surface area contributed by atoms with Crippen LogP contribution < -0.4 is 10.2 Å². The van der Waals surface area contributed by atoms with E-state index in [-0.39, 0.29) is 12.4 Å². The van der Waals surface area contributed by atoms with Crippen LogP contribution in [0.25, 0.3) is 0 Å². The molecule has 184 valence electrons. The number of rotatable bonds is 6. The molecule has 1 aliphatic rings. The smallest absolute Gasteiger partial charge is 0.436 e. The van der Waals surface area contributed by atoms with E-state index >= 15 is 0 Å². The number of hydrogen-bond donors (Lipinski definition) is 1. The summed E-state index contributed by atoms with van der Waals surface area (Å²) in [7, 11) is 1.27. The molecule has 0 saturated carbocycles. The first-order valence-electron chi connectivity index (χ1n) is 10.7. The summed E-state index contributed by atoms with van der Waals surface area (Å²) in [5.41, 5.74) is 0.178. The largest absolute Gasteiger partial charge is 0.465 e. The molecule has 0 radical (unpaired) electrons. The molecule has 1 aromatic heterocycles. The van der Waals surface area contributed by atoms with Crippen LogP contribution in [0, 0.1) is 3.57 Å². The van der Waals surface area contributed by atoms with Gasteiger partial charge >= 0.3 is 12.1 Å². The van der Waals surface area contributed by atoms with Crippen molar-refractivity contribution < 1.29 is 27.5 Å². The number of methoxy groups -OCH3 is 1. The van der Waals surface area contributed by atoms with Crippen LogP contribution in [0.5, 0.6) is 0 Å². The Bertz CT molecular complexity index is 1240. The van der Waals surface area contributed by atoms with Crippen LogP contribution >= 0.6 is 22.6 Å². The molecule has 0 fully saturated rings. The number of hydrogen-bond acceptors (Lipinski definition) is 5. The second-order valence-corrected chi connectivity index (χ2v) is 9.37. The average molecular weight is 598 g/mol. The van der Waals surface area contributed by atoms with Crippen molar-refractivity contribution in [1.82, 2.24) is 15.1 Å². The Morgan fingerprint density at radius 1 is 1.11 bits per heavy atom. The van der Waals surface area contributed by atoms with E-state index in [0.29, 0.717) is 24.2 Å². The van der Waals surface area contributed by atoms with Crippen molar-refractivity contribution in [2.45, 2.75) is 32.2 Å². The summed E-state index contributed by atoms with van der Waals surface area (Å²) in [6.07, 6.45) is -4.79. The third-order valence-electron chi connectivity index (χ3n) is 5.77. The van der Waals surface area contributed by atoms with Crippen LogP contribution in [-0.4, -0.2) is 35.3 Å². The van der Waals surface area contributed by atoms with Crippen LogP contribution in [0.3, 0.4) is 0 Å². The highest BCUT2D eigenvalue weighted by Crippen LogP contribution is 2.38. The average Bonchev–Trinajstić information content (AvgIpc) is 3.40. The van der Waals surface area contributed by atoms with Crippen molar-refractivity contribution in [3.8, 4) is 0 Å². The topological polar surface area (TPSA) is 76.5 Å². The minimum absolute atomic E-state index is 0.154. The summed E-state index contributed by atoms with van der Waals surface area (Å²) in [5.74, 6) is -1.22. The van der Waals surface area contributed by atoms with Gasteiger partial charge < -0.3 is 15.0 Å². The molecule has 11 heteroatoms. The number of carbonyl (C=O) groups excluding carboxylic acids is 2. The number of aromatic nitrogens is 2. The number of amides is 1. The van der Waals surface area contributed by atoms with E-state index in [9.17, 15) is 22.8 Å². The number of benzene rings is 2. The molecule has 0 spiro atoms. The van der Waals surface area contributed by atoms with Crippen molar-refractivity contribution >= 4 is 40.3 Å². The fourth-order valence-electron chi connectivity index (χ4n) is 4.00. The summed E-state index contributed by atoms with van der Waals surface area (Å²) in [5, 5.41) is 6.41. The highest BCUT2D eigenvalue weighted by Gasteiger charge is 2.44. The van der Waals surface area contributed by atoms with E-state index < -0.39 is 35.4 Å². The quantitative estimate of drug-likeness (QED) is 0.326. The predicted octanol–water partition coefficient (Wildman–Crippen LogP) is 4.80. The number of nitrogens with one attached hydrogen (secondary N) is 1. The van der Waals surface area contributed by atoms with Gasteiger partial charge in [-0.3, -0.25) is 4.79 Å². The van der Waals surface area contributed by atoms with E-state index in [1.54, 1.807) is 24.0 Å². The molecule has 0 saturated heterocycles. The molecule has 0 aliphatic carbocycles. The lowest BCUT2D eigenvalue weighted by molar-refractivity contribution is -0.141. The number of alkyl halides is 3. The van der Waals surface area contributed by atoms with Gasteiger partial charge in [0.2, 0.25) is 0 Å². The monoisotopic (exact) mass is 598 g/mol. The lowest BCUT2D eigenvalue weighted by atomic mass is 10.1. The summed E-state index contributed by atoms with van der Waals surface area (Å²) in [4.78, 5) is 26.6. The lowest BCUT2D eigenvalue weighted by Crippen LogP contribution is -2.31. The molecule has 7 nitrogen and oxygen atoms in total. The van der Waals surface area contributed by atoms with Gasteiger partial charge in [-0.25, -0.2) is 9.48 Å². The second-order valence-electron chi connectivity index (χ2n) is 8.12. The zero-order valence-corrected chi connectivity index (χ0v) is 21.1. The predicted molar refractivity (Wildman–Crippen MR) is 131 cm³/mol. The summed E-state index contributed by atoms with van der Waals surface area (Å²) in [6.45, 7) is 2.70. The molecule has 2 heterocycles. The van der Waals surface area contributed by atoms with Gasteiger partial charge in [0, 0.05) is 16.7 Å². The molecule has 1 aliphatic heterocycles. The number of esters is 1. The number of ether oxygens (including phenoxy) is 1. The van der Waals surface area contributed by atoms with E-state index in [0.717, 1.165) is 9.13 Å². The van der Waals surface area contributed by atoms with Crippen molar-refractivity contribution in [2.24, 2.45) is 0 Å². The standard InChI is InChI=1S/C24H22F3IN4O3/c1-14(16-5-7-17(8-6-16)23(34)35-2)29-21(33)19-20(24(25,26)27)30-32-12-11-31(22(19)32)13-15-3-9-18(28)10-4-15/h3-10,14H,11-13H2,1-2H3,(H,29,33)/t14-/m0/s1. The Balaban J connectivity index is 1.62. The van der Waals surface area contributed by atoms with Crippen LogP contribution in [0.2, 0.25) is 0 Å². The minimum Gasteiger partial charge on any atom is -0.465 e. The van der Waals surface area contributed by atoms with Crippen LogP contribution in [0.15, 0.2) is 48.5 Å². The molecule has 3 aromatic rings. The Morgan fingerprint density at radius 3 is 2.37 bits per heavy atom. The Hall–Kier alpha value is -3.09. The number of anilines is 1. The van der Waals surface area contributed by atoms with E-state index in [1.807, 2.05) is 24.3 Å². The van der Waals surface area contributed by atoms with Gasteiger partial charge in [-0.15, -0.1) is 0 Å². The van der Waals surface area contributed by atoms with Gasteiger partial charge in [-0.2, -0.15) is 18.3 Å². The molecule has 4 rings (SSSR count). The Kier molecular flexibility index (Phi) is 7.06. The molecule has 2 aromatic carbocycles. The molecule has 0 bridgehead atoms. The molecular weight excluding hydrogens is 576 g/mol. The van der Waals surface area contributed by atoms with Crippen molar-refractivity contribution in [3.05, 3.63) is 80.0 Å². The normalized spacial score (nSPS) is 13.9. The second kappa shape index (κ2) is 9.88. The van der Waals surface area contributed by atoms with Gasteiger partial charge in [0.25, 0.3) is 5.91 Å². The first kappa shape index (κ1) is 25.0. The maximum atomic E-state index is 13.9. The van der Waals surface area contributed by atoms with E-state index in [4.69, 9.17) is 0 Å². The van der Waals surface area contributed by atoms with Gasteiger partial charge in [-0.05, 0) is 64.9 Å². The molecule has 0 unspecified atom stereocenters. The zero-order valence-electron chi connectivity index (χ0n) is 18.9. The first-order valence-corrected chi connectivity index (χ1v) is 11.8. The first-order chi connectivity index (χ1) is 16.6. The van der Waals surface area contributed by atoms with Crippen molar-refractivity contribution in [3.63, 3.8) is 0 Å². The summed E-state index contributed by atoms with van der Waals surface area (Å²) < 4.78 is 48.5. The molecule has 1 amide bonds. The zero-order chi connectivity index (χ0) is 25.3. The number of nitrogens with zero attached hydrogens (tertiary/aromatic N) is 3. The van der Waals surface area contributed by atoms with E-state index in [1.165, 1.54) is 23.9 Å². The molecule has 35 heavy (non-hydrogen) atoms. The van der Waals surface area contributed by atoms with Crippen LogP contribution in [0.1, 0.15) is 50.5 Å². The van der Waals surface area contributed by atoms with Gasteiger partial charge in [0.1, 0.15) is 11.4 Å². The highest BCUT2D eigenvalue weighted by atomic mass is 127. The van der Waals surface area contributed by atoms with Crippen molar-refractivity contribution in [2.75, 3.05) is 18.6 Å². The summed E-state index contributed by atoms with van der Waals surface area (Å²) in [6, 6.07) is 13.3. The molecular formula is C24H22F3IN4O3. The lowest BCUT2D eigenvalue weighted by Gasteiger charge is -2.21. The van der Waals surface area contributed by atoms with Crippen LogP contribution in [-0.2, 0) is 24.0 Å². The number of carbonyl (C=O) groups is 2. The third-order valence-corrected chi connectivity index (χ3v) is 6.49. The highest BCUT2D eigenvalue weighted by molar-refractivity contribution is 14.1. The molecule has 1 atom stereocenters. The van der Waals surface area contributed by atoms with Gasteiger partial charge in [-0.1, -0.05) is 24.3 Å². The van der Waals surface area contributed by atoms with Gasteiger partial charge in [0.15, 0.2) is 5.69 Å². The Labute approximate surface area is 213 Å². The van der Waals surface area contributed by atoms with Gasteiger partial charge in [0.05, 0.1) is 25.3 Å². The number of halogens is 4.